The zero-order valence-electron chi connectivity index (χ0n) is 11.4. The lowest BCUT2D eigenvalue weighted by molar-refractivity contribution is -0.116. The second-order valence-corrected chi connectivity index (χ2v) is 4.32. The molecule has 21 heavy (non-hydrogen) atoms. The Kier molecular flexibility index (Phi) is 4.55. The average molecular weight is 289 g/mol. The van der Waals surface area contributed by atoms with Crippen molar-refractivity contribution >= 4 is 17.6 Å². The van der Waals surface area contributed by atoms with Crippen LogP contribution < -0.4 is 10.1 Å². The summed E-state index contributed by atoms with van der Waals surface area (Å²) in [5.41, 5.74) is 0.425. The minimum absolute atomic E-state index is 0.0840. The third kappa shape index (κ3) is 3.82. The molecule has 0 saturated carbocycles. The van der Waals surface area contributed by atoms with Gasteiger partial charge in [0, 0.05) is 25.4 Å². The molecule has 110 valence electrons. The second kappa shape index (κ2) is 6.56. The smallest absolute Gasteiger partial charge is 0.335 e. The number of rotatable bonds is 6. The SMILES string of the molecule is COc1ccc(C(=O)O)cc1NC(=O)CCn1ccnc1. The molecule has 0 aliphatic carbocycles. The van der Waals surface area contributed by atoms with E-state index >= 15 is 0 Å². The molecule has 0 atom stereocenters. The Balaban J connectivity index is 2.04. The van der Waals surface area contributed by atoms with E-state index in [2.05, 4.69) is 10.3 Å². The summed E-state index contributed by atoms with van der Waals surface area (Å²) in [7, 11) is 1.46. The number of aromatic carboxylic acids is 1. The molecule has 0 aliphatic heterocycles. The van der Waals surface area contributed by atoms with Gasteiger partial charge in [-0.1, -0.05) is 0 Å². The maximum Gasteiger partial charge on any atom is 0.335 e. The van der Waals surface area contributed by atoms with Crippen LogP contribution in [-0.2, 0) is 11.3 Å². The first-order chi connectivity index (χ1) is 10.1. The summed E-state index contributed by atoms with van der Waals surface area (Å²) in [6, 6.07) is 4.30. The molecule has 0 aliphatic rings. The molecule has 7 heteroatoms. The van der Waals surface area contributed by atoms with Crippen molar-refractivity contribution in [1.82, 2.24) is 9.55 Å². The van der Waals surface area contributed by atoms with E-state index in [4.69, 9.17) is 9.84 Å². The van der Waals surface area contributed by atoms with Gasteiger partial charge in [0.25, 0.3) is 0 Å². The number of methoxy groups -OCH3 is 1. The Hall–Kier alpha value is -2.83. The van der Waals surface area contributed by atoms with Crippen LogP contribution >= 0.6 is 0 Å². The molecule has 1 amide bonds. The molecule has 0 unspecified atom stereocenters. The Morgan fingerprint density at radius 1 is 1.43 bits per heavy atom. The maximum absolute atomic E-state index is 11.9. The number of aromatic nitrogens is 2. The molecule has 0 saturated heterocycles. The summed E-state index contributed by atoms with van der Waals surface area (Å²) in [5, 5.41) is 11.6. The maximum atomic E-state index is 11.9. The van der Waals surface area contributed by atoms with Crippen LogP contribution in [0.25, 0.3) is 0 Å². The summed E-state index contributed by atoms with van der Waals surface area (Å²) in [5.74, 6) is -0.882. The normalized spacial score (nSPS) is 10.1. The Labute approximate surface area is 121 Å². The number of anilines is 1. The summed E-state index contributed by atoms with van der Waals surface area (Å²) in [6.07, 6.45) is 5.27. The molecular weight excluding hydrogens is 274 g/mol. The topological polar surface area (TPSA) is 93.5 Å². The highest BCUT2D eigenvalue weighted by Gasteiger charge is 2.11. The van der Waals surface area contributed by atoms with Crippen molar-refractivity contribution in [1.29, 1.82) is 0 Å². The Morgan fingerprint density at radius 3 is 2.86 bits per heavy atom. The second-order valence-electron chi connectivity index (χ2n) is 4.32. The van der Waals surface area contributed by atoms with Crippen molar-refractivity contribution in [2.24, 2.45) is 0 Å². The number of imidazole rings is 1. The predicted molar refractivity (Wildman–Crippen MR) is 75.4 cm³/mol. The number of benzene rings is 1. The van der Waals surface area contributed by atoms with E-state index in [0.29, 0.717) is 18.0 Å². The van der Waals surface area contributed by atoms with Crippen molar-refractivity contribution in [3.8, 4) is 5.75 Å². The molecule has 7 nitrogen and oxygen atoms in total. The fourth-order valence-corrected chi connectivity index (χ4v) is 1.80. The third-order valence-corrected chi connectivity index (χ3v) is 2.88. The van der Waals surface area contributed by atoms with Crippen LogP contribution in [0.1, 0.15) is 16.8 Å². The number of hydrogen-bond donors (Lipinski definition) is 2. The van der Waals surface area contributed by atoms with Crippen LogP contribution in [0.5, 0.6) is 5.75 Å². The highest BCUT2D eigenvalue weighted by molar-refractivity contribution is 5.95. The van der Waals surface area contributed by atoms with E-state index in [-0.39, 0.29) is 17.9 Å². The van der Waals surface area contributed by atoms with Gasteiger partial charge in [0.05, 0.1) is 24.7 Å². The highest BCUT2D eigenvalue weighted by atomic mass is 16.5. The van der Waals surface area contributed by atoms with Crippen molar-refractivity contribution in [3.05, 3.63) is 42.5 Å². The summed E-state index contributed by atoms with van der Waals surface area (Å²) in [4.78, 5) is 26.8. The molecule has 0 bridgehead atoms. The molecule has 1 aromatic heterocycles. The lowest BCUT2D eigenvalue weighted by Crippen LogP contribution is -2.15. The minimum atomic E-state index is -1.06. The number of carbonyl (C=O) groups excluding carboxylic acids is 1. The van der Waals surface area contributed by atoms with Crippen molar-refractivity contribution in [2.75, 3.05) is 12.4 Å². The fourth-order valence-electron chi connectivity index (χ4n) is 1.80. The van der Waals surface area contributed by atoms with Crippen LogP contribution in [0.4, 0.5) is 5.69 Å². The van der Waals surface area contributed by atoms with Crippen LogP contribution in [0.2, 0.25) is 0 Å². The highest BCUT2D eigenvalue weighted by Crippen LogP contribution is 2.25. The predicted octanol–water partition coefficient (Wildman–Crippen LogP) is 1.62. The standard InChI is InChI=1S/C14H15N3O4/c1-21-12-3-2-10(14(19)20)8-11(12)16-13(18)4-6-17-7-5-15-9-17/h2-3,5,7-9H,4,6H2,1H3,(H,16,18)(H,19,20). The van der Waals surface area contributed by atoms with Gasteiger partial charge in [-0.25, -0.2) is 9.78 Å². The van der Waals surface area contributed by atoms with Gasteiger partial charge in [-0.05, 0) is 18.2 Å². The summed E-state index contributed by atoms with van der Waals surface area (Å²) in [6.45, 7) is 0.493. The number of carbonyl (C=O) groups is 2. The zero-order valence-corrected chi connectivity index (χ0v) is 11.4. The quantitative estimate of drug-likeness (QED) is 0.842. The largest absolute Gasteiger partial charge is 0.495 e. The van der Waals surface area contributed by atoms with Gasteiger partial charge in [0.1, 0.15) is 5.75 Å². The van der Waals surface area contributed by atoms with E-state index in [1.807, 2.05) is 0 Å². The van der Waals surface area contributed by atoms with Gasteiger partial charge >= 0.3 is 5.97 Å². The first kappa shape index (κ1) is 14.6. The number of hydrogen-bond acceptors (Lipinski definition) is 4. The fraction of sp³-hybridized carbons (Fsp3) is 0.214. The van der Waals surface area contributed by atoms with Crippen LogP contribution in [0.3, 0.4) is 0 Å². The van der Waals surface area contributed by atoms with E-state index in [9.17, 15) is 9.59 Å². The summed E-state index contributed by atoms with van der Waals surface area (Å²) >= 11 is 0. The number of carboxylic acid groups (broad SMARTS) is 1. The molecule has 1 aromatic carbocycles. The van der Waals surface area contributed by atoms with Crippen molar-refractivity contribution < 1.29 is 19.4 Å². The number of nitrogens with zero attached hydrogens (tertiary/aromatic N) is 2. The number of aryl methyl sites for hydroxylation is 1. The van der Waals surface area contributed by atoms with Gasteiger partial charge in [-0.2, -0.15) is 0 Å². The zero-order chi connectivity index (χ0) is 15.2. The lowest BCUT2D eigenvalue weighted by atomic mass is 10.2. The summed E-state index contributed by atoms with van der Waals surface area (Å²) < 4.78 is 6.89. The van der Waals surface area contributed by atoms with Crippen LogP contribution in [-0.4, -0.2) is 33.6 Å². The number of carboxylic acids is 1. The minimum Gasteiger partial charge on any atom is -0.495 e. The Bertz CT molecular complexity index is 638. The first-order valence-corrected chi connectivity index (χ1v) is 6.27. The molecule has 2 aromatic rings. The van der Waals surface area contributed by atoms with Crippen LogP contribution in [0.15, 0.2) is 36.9 Å². The average Bonchev–Trinajstić information content (AvgIpc) is 2.98. The number of amides is 1. The molecule has 0 fully saturated rings. The van der Waals surface area contributed by atoms with Gasteiger partial charge in [-0.15, -0.1) is 0 Å². The molecule has 2 rings (SSSR count). The molecule has 1 heterocycles. The van der Waals surface area contributed by atoms with Gasteiger partial charge < -0.3 is 19.7 Å². The molecule has 0 radical (unpaired) electrons. The Morgan fingerprint density at radius 2 is 2.24 bits per heavy atom. The molecule has 2 N–H and O–H groups in total. The van der Waals surface area contributed by atoms with Crippen molar-refractivity contribution in [2.45, 2.75) is 13.0 Å². The number of nitrogens with one attached hydrogen (secondary N) is 1. The van der Waals surface area contributed by atoms with E-state index < -0.39 is 5.97 Å². The monoisotopic (exact) mass is 289 g/mol. The van der Waals surface area contributed by atoms with E-state index in [1.54, 1.807) is 23.3 Å². The van der Waals surface area contributed by atoms with Gasteiger partial charge in [0.15, 0.2) is 0 Å². The van der Waals surface area contributed by atoms with Gasteiger partial charge in [-0.3, -0.25) is 4.79 Å². The molecular formula is C14H15N3O4. The third-order valence-electron chi connectivity index (χ3n) is 2.88. The van der Waals surface area contributed by atoms with Crippen molar-refractivity contribution in [3.63, 3.8) is 0 Å². The van der Waals surface area contributed by atoms with E-state index in [1.165, 1.54) is 25.3 Å². The van der Waals surface area contributed by atoms with Crippen LogP contribution in [0, 0.1) is 0 Å². The number of ether oxygens (including phenoxy) is 1. The lowest BCUT2D eigenvalue weighted by Gasteiger charge is -2.11. The molecule has 0 spiro atoms. The van der Waals surface area contributed by atoms with E-state index in [0.717, 1.165) is 0 Å². The first-order valence-electron chi connectivity index (χ1n) is 6.27. The van der Waals surface area contributed by atoms with Gasteiger partial charge in [0.2, 0.25) is 5.91 Å².